The third kappa shape index (κ3) is 4.39. The summed E-state index contributed by atoms with van der Waals surface area (Å²) >= 11 is 0. The predicted octanol–water partition coefficient (Wildman–Crippen LogP) is 3.48. The minimum absolute atomic E-state index is 0.114. The third-order valence-electron chi connectivity index (χ3n) is 5.87. The highest BCUT2D eigenvalue weighted by atomic mass is 19.1. The fourth-order valence-electron chi connectivity index (χ4n) is 4.05. The quantitative estimate of drug-likeness (QED) is 0.613. The van der Waals surface area contributed by atoms with Crippen LogP contribution in [0.25, 0.3) is 11.4 Å². The molecular formula is C24H27FN6O. The predicted molar refractivity (Wildman–Crippen MR) is 123 cm³/mol. The molecule has 1 aliphatic heterocycles. The van der Waals surface area contributed by atoms with E-state index in [0.29, 0.717) is 13.1 Å². The minimum atomic E-state index is -0.502. The topological polar surface area (TPSA) is 65.5 Å². The first-order valence-corrected chi connectivity index (χ1v) is 10.7. The molecule has 0 bridgehead atoms. The van der Waals surface area contributed by atoms with Gasteiger partial charge in [-0.25, -0.2) is 19.3 Å². The lowest BCUT2D eigenvalue weighted by atomic mass is 10.0. The molecule has 7 nitrogen and oxygen atoms in total. The summed E-state index contributed by atoms with van der Waals surface area (Å²) in [4.78, 5) is 32.3. The Hall–Kier alpha value is -3.55. The van der Waals surface area contributed by atoms with Crippen LogP contribution in [0.1, 0.15) is 23.2 Å². The van der Waals surface area contributed by atoms with Crippen LogP contribution < -0.4 is 9.80 Å². The van der Waals surface area contributed by atoms with E-state index < -0.39 is 5.82 Å². The van der Waals surface area contributed by atoms with Gasteiger partial charge in [0.1, 0.15) is 11.6 Å². The average Bonchev–Trinajstić information content (AvgIpc) is 2.83. The van der Waals surface area contributed by atoms with E-state index in [0.717, 1.165) is 24.3 Å². The fourth-order valence-corrected chi connectivity index (χ4v) is 4.05. The van der Waals surface area contributed by atoms with Crippen molar-refractivity contribution in [3.8, 4) is 11.4 Å². The van der Waals surface area contributed by atoms with E-state index in [2.05, 4.69) is 19.9 Å². The van der Waals surface area contributed by atoms with Crippen LogP contribution in [0.15, 0.2) is 55.0 Å². The molecule has 1 atom stereocenters. The number of benzene rings is 1. The molecule has 0 saturated carbocycles. The number of hydrogen-bond donors (Lipinski definition) is 0. The maximum absolute atomic E-state index is 14.7. The Labute approximate surface area is 187 Å². The first-order chi connectivity index (χ1) is 15.5. The standard InChI is InChI=1S/C24H27FN6O/c1-29(2)17-10-13-26-21(15-17)30(3)18-7-5-14-31(16-18)24(32)19-8-4-9-20(25)22(19)23-27-11-6-12-28-23/h4,6,8-13,15,18H,5,7,14,16H2,1-3H3. The Morgan fingerprint density at radius 1 is 1.06 bits per heavy atom. The molecular weight excluding hydrogens is 407 g/mol. The van der Waals surface area contributed by atoms with Crippen molar-refractivity contribution >= 4 is 17.4 Å². The fraction of sp³-hybridized carbons (Fsp3) is 0.333. The highest BCUT2D eigenvalue weighted by molar-refractivity contribution is 6.00. The molecule has 3 aromatic rings. The van der Waals surface area contributed by atoms with E-state index in [-0.39, 0.29) is 28.9 Å². The zero-order valence-corrected chi connectivity index (χ0v) is 18.6. The van der Waals surface area contributed by atoms with Crippen molar-refractivity contribution in [3.63, 3.8) is 0 Å². The first kappa shape index (κ1) is 21.7. The van der Waals surface area contributed by atoms with E-state index in [9.17, 15) is 9.18 Å². The van der Waals surface area contributed by atoms with E-state index >= 15 is 0 Å². The number of rotatable bonds is 5. The Balaban J connectivity index is 1.58. The number of hydrogen-bond acceptors (Lipinski definition) is 6. The van der Waals surface area contributed by atoms with Crippen molar-refractivity contribution in [2.24, 2.45) is 0 Å². The normalized spacial score (nSPS) is 16.0. The second kappa shape index (κ2) is 9.30. The van der Waals surface area contributed by atoms with Gasteiger partial charge in [0.25, 0.3) is 5.91 Å². The number of likely N-dealkylation sites (N-methyl/N-ethyl adjacent to an activating group) is 1. The molecule has 32 heavy (non-hydrogen) atoms. The van der Waals surface area contributed by atoms with Crippen LogP contribution in [0, 0.1) is 5.82 Å². The van der Waals surface area contributed by atoms with Crippen molar-refractivity contribution in [1.82, 2.24) is 19.9 Å². The molecule has 0 aliphatic carbocycles. The van der Waals surface area contributed by atoms with Gasteiger partial charge in [0, 0.05) is 70.6 Å². The molecule has 166 valence electrons. The van der Waals surface area contributed by atoms with Gasteiger partial charge >= 0.3 is 0 Å². The number of aromatic nitrogens is 3. The lowest BCUT2D eigenvalue weighted by molar-refractivity contribution is 0.0707. The summed E-state index contributed by atoms with van der Waals surface area (Å²) in [5, 5.41) is 0. The average molecular weight is 435 g/mol. The van der Waals surface area contributed by atoms with Crippen molar-refractivity contribution in [2.45, 2.75) is 18.9 Å². The molecule has 1 unspecified atom stereocenters. The summed E-state index contributed by atoms with van der Waals surface area (Å²) < 4.78 is 14.7. The molecule has 1 fully saturated rings. The summed E-state index contributed by atoms with van der Waals surface area (Å²) in [6, 6.07) is 10.3. The lowest BCUT2D eigenvalue weighted by Crippen LogP contribution is -2.49. The van der Waals surface area contributed by atoms with Crippen molar-refractivity contribution in [3.05, 3.63) is 66.4 Å². The molecule has 1 aliphatic rings. The summed E-state index contributed by atoms with van der Waals surface area (Å²) in [5.41, 5.74) is 1.50. The number of amides is 1. The summed E-state index contributed by atoms with van der Waals surface area (Å²) in [7, 11) is 5.99. The van der Waals surface area contributed by atoms with E-state index in [4.69, 9.17) is 0 Å². The smallest absolute Gasteiger partial charge is 0.254 e. The highest BCUT2D eigenvalue weighted by Crippen LogP contribution is 2.28. The molecule has 3 heterocycles. The maximum atomic E-state index is 14.7. The summed E-state index contributed by atoms with van der Waals surface area (Å²) in [6.07, 6.45) is 6.70. The van der Waals surface area contributed by atoms with Crippen LogP contribution in [0.5, 0.6) is 0 Å². The number of likely N-dealkylation sites (tertiary alicyclic amines) is 1. The SMILES string of the molecule is CN(C)c1ccnc(N(C)C2CCCN(C(=O)c3cccc(F)c3-c3ncccn3)C2)c1. The van der Waals surface area contributed by atoms with Crippen molar-refractivity contribution < 1.29 is 9.18 Å². The van der Waals surface area contributed by atoms with E-state index in [1.165, 1.54) is 6.07 Å². The van der Waals surface area contributed by atoms with Crippen LogP contribution in [-0.2, 0) is 0 Å². The Kier molecular flexibility index (Phi) is 6.30. The molecule has 1 saturated heterocycles. The number of pyridine rings is 1. The molecule has 1 amide bonds. The molecule has 1 aromatic carbocycles. The number of carbonyl (C=O) groups is 1. The number of piperidine rings is 1. The van der Waals surface area contributed by atoms with Gasteiger partial charge in [-0.2, -0.15) is 0 Å². The Morgan fingerprint density at radius 3 is 2.59 bits per heavy atom. The Morgan fingerprint density at radius 2 is 1.84 bits per heavy atom. The van der Waals surface area contributed by atoms with E-state index in [1.807, 2.05) is 38.2 Å². The lowest BCUT2D eigenvalue weighted by Gasteiger charge is -2.38. The second-order valence-corrected chi connectivity index (χ2v) is 8.16. The number of nitrogens with zero attached hydrogens (tertiary/aromatic N) is 6. The number of halogens is 1. The molecule has 0 radical (unpaired) electrons. The van der Waals surface area contributed by atoms with Gasteiger partial charge in [-0.15, -0.1) is 0 Å². The highest BCUT2D eigenvalue weighted by Gasteiger charge is 2.30. The zero-order valence-electron chi connectivity index (χ0n) is 18.6. The Bertz CT molecular complexity index is 1090. The van der Waals surface area contributed by atoms with Gasteiger partial charge in [-0.3, -0.25) is 4.79 Å². The maximum Gasteiger partial charge on any atom is 0.254 e. The van der Waals surface area contributed by atoms with Crippen LogP contribution >= 0.6 is 0 Å². The van der Waals surface area contributed by atoms with Crippen LogP contribution in [-0.4, -0.2) is 66.0 Å². The zero-order chi connectivity index (χ0) is 22.7. The van der Waals surface area contributed by atoms with Gasteiger partial charge in [0.15, 0.2) is 5.82 Å². The van der Waals surface area contributed by atoms with Gasteiger partial charge in [-0.05, 0) is 37.1 Å². The van der Waals surface area contributed by atoms with Crippen molar-refractivity contribution in [2.75, 3.05) is 44.0 Å². The molecule has 0 N–H and O–H groups in total. The van der Waals surface area contributed by atoms with Gasteiger partial charge in [-0.1, -0.05) is 6.07 Å². The van der Waals surface area contributed by atoms with Crippen molar-refractivity contribution in [1.29, 1.82) is 0 Å². The summed E-state index contributed by atoms with van der Waals surface area (Å²) in [5.74, 6) is 0.362. The monoisotopic (exact) mass is 434 g/mol. The van der Waals surface area contributed by atoms with E-state index in [1.54, 1.807) is 41.7 Å². The van der Waals surface area contributed by atoms with Gasteiger partial charge in [0.2, 0.25) is 0 Å². The van der Waals surface area contributed by atoms with Crippen LogP contribution in [0.3, 0.4) is 0 Å². The first-order valence-electron chi connectivity index (χ1n) is 10.7. The second-order valence-electron chi connectivity index (χ2n) is 8.16. The molecule has 8 heteroatoms. The molecule has 2 aromatic heterocycles. The largest absolute Gasteiger partial charge is 0.378 e. The number of carbonyl (C=O) groups excluding carboxylic acids is 1. The summed E-state index contributed by atoms with van der Waals surface area (Å²) in [6.45, 7) is 1.16. The number of anilines is 2. The van der Waals surface area contributed by atoms with Gasteiger partial charge < -0.3 is 14.7 Å². The third-order valence-corrected chi connectivity index (χ3v) is 5.87. The minimum Gasteiger partial charge on any atom is -0.378 e. The van der Waals surface area contributed by atoms with Crippen LogP contribution in [0.2, 0.25) is 0 Å². The molecule has 4 rings (SSSR count). The molecule has 0 spiro atoms. The van der Waals surface area contributed by atoms with Crippen LogP contribution in [0.4, 0.5) is 15.9 Å². The van der Waals surface area contributed by atoms with Gasteiger partial charge in [0.05, 0.1) is 11.1 Å².